The summed E-state index contributed by atoms with van der Waals surface area (Å²) in [4.78, 5) is 23.7. The second-order valence-corrected chi connectivity index (χ2v) is 6.81. The molecule has 0 saturated carbocycles. The molecule has 2 amide bonds. The third kappa shape index (κ3) is 3.73. The number of benzene rings is 2. The minimum Gasteiger partial charge on any atom is -0.369 e. The first-order valence-corrected chi connectivity index (χ1v) is 8.66. The molecule has 0 bridgehead atoms. The highest BCUT2D eigenvalue weighted by molar-refractivity contribution is 6.31. The summed E-state index contributed by atoms with van der Waals surface area (Å²) in [5, 5.41) is 4.60. The molecule has 0 radical (unpaired) electrons. The van der Waals surface area contributed by atoms with Crippen LogP contribution in [0.2, 0.25) is 5.02 Å². The number of aryl methyl sites for hydroxylation is 1. The second-order valence-electron chi connectivity index (χ2n) is 6.37. The number of aromatic nitrogens is 1. The number of primary amides is 1. The second kappa shape index (κ2) is 7.22. The van der Waals surface area contributed by atoms with Gasteiger partial charge in [-0.2, -0.15) is 0 Å². The van der Waals surface area contributed by atoms with Crippen molar-refractivity contribution < 1.29 is 9.59 Å². The van der Waals surface area contributed by atoms with Crippen LogP contribution in [-0.2, 0) is 18.3 Å². The zero-order valence-corrected chi connectivity index (χ0v) is 15.4. The summed E-state index contributed by atoms with van der Waals surface area (Å²) >= 11 is 6.05. The Morgan fingerprint density at radius 2 is 1.85 bits per heavy atom. The Labute approximate surface area is 156 Å². The highest BCUT2D eigenvalue weighted by Crippen LogP contribution is 2.23. The van der Waals surface area contributed by atoms with Gasteiger partial charge in [0.05, 0.1) is 12.5 Å². The molecule has 1 atom stereocenters. The summed E-state index contributed by atoms with van der Waals surface area (Å²) in [7, 11) is 1.84. The number of hydrogen-bond donors (Lipinski definition) is 2. The van der Waals surface area contributed by atoms with Gasteiger partial charge in [0.1, 0.15) is 5.69 Å². The molecule has 1 aromatic heterocycles. The normalized spacial score (nSPS) is 12.1. The van der Waals surface area contributed by atoms with Gasteiger partial charge in [-0.05, 0) is 36.2 Å². The molecule has 3 N–H and O–H groups in total. The smallest absolute Gasteiger partial charge is 0.268 e. The summed E-state index contributed by atoms with van der Waals surface area (Å²) in [6.45, 7) is 1.92. The standard InChI is InChI=1S/C20H20ClN3O2/c1-12(14-5-3-13(4-6-14)9-19(22)25)23-20(26)18-10-15-7-8-16(21)11-17(15)24(18)2/h3-8,10-12H,9H2,1-2H3,(H2,22,25)(H,23,26)/t12-/m1/s1. The number of rotatable bonds is 5. The molecule has 0 spiro atoms. The minimum absolute atomic E-state index is 0.159. The number of nitrogens with zero attached hydrogens (tertiary/aromatic N) is 1. The third-order valence-electron chi connectivity index (χ3n) is 4.45. The highest BCUT2D eigenvalue weighted by atomic mass is 35.5. The first-order chi connectivity index (χ1) is 12.3. The van der Waals surface area contributed by atoms with Gasteiger partial charge in [-0.3, -0.25) is 9.59 Å². The number of carbonyl (C=O) groups excluding carboxylic acids is 2. The predicted molar refractivity (Wildman–Crippen MR) is 103 cm³/mol. The molecule has 0 fully saturated rings. The Kier molecular flexibility index (Phi) is 5.00. The lowest BCUT2D eigenvalue weighted by Crippen LogP contribution is -2.28. The first-order valence-electron chi connectivity index (χ1n) is 8.28. The topological polar surface area (TPSA) is 77.1 Å². The van der Waals surface area contributed by atoms with Crippen molar-refractivity contribution in [1.29, 1.82) is 0 Å². The van der Waals surface area contributed by atoms with Crippen molar-refractivity contribution in [1.82, 2.24) is 9.88 Å². The van der Waals surface area contributed by atoms with Gasteiger partial charge >= 0.3 is 0 Å². The van der Waals surface area contributed by atoms with Crippen LogP contribution in [-0.4, -0.2) is 16.4 Å². The van der Waals surface area contributed by atoms with Gasteiger partial charge < -0.3 is 15.6 Å². The molecule has 6 heteroatoms. The van der Waals surface area contributed by atoms with E-state index in [0.717, 1.165) is 22.0 Å². The predicted octanol–water partition coefficient (Wildman–Crippen LogP) is 3.35. The molecule has 3 aromatic rings. The lowest BCUT2D eigenvalue weighted by molar-refractivity contribution is -0.117. The fraction of sp³-hybridized carbons (Fsp3) is 0.200. The zero-order valence-electron chi connectivity index (χ0n) is 14.6. The molecule has 0 unspecified atom stereocenters. The fourth-order valence-electron chi connectivity index (χ4n) is 3.00. The van der Waals surface area contributed by atoms with E-state index in [9.17, 15) is 9.59 Å². The Balaban J connectivity index is 1.77. The van der Waals surface area contributed by atoms with Crippen molar-refractivity contribution >= 4 is 34.3 Å². The van der Waals surface area contributed by atoms with E-state index in [1.165, 1.54) is 0 Å². The Bertz CT molecular complexity index is 977. The number of hydrogen-bond acceptors (Lipinski definition) is 2. The summed E-state index contributed by atoms with van der Waals surface area (Å²) in [5.41, 5.74) is 8.48. The Hall–Kier alpha value is -2.79. The van der Waals surface area contributed by atoms with Gasteiger partial charge in [-0.15, -0.1) is 0 Å². The van der Waals surface area contributed by atoms with E-state index in [1.54, 1.807) is 0 Å². The average Bonchev–Trinajstić information content (AvgIpc) is 2.91. The van der Waals surface area contributed by atoms with E-state index in [0.29, 0.717) is 10.7 Å². The number of nitrogens with one attached hydrogen (secondary N) is 1. The van der Waals surface area contributed by atoms with Crippen LogP contribution in [0.25, 0.3) is 10.9 Å². The summed E-state index contributed by atoms with van der Waals surface area (Å²) in [6, 6.07) is 14.7. The number of nitrogens with two attached hydrogens (primary N) is 1. The molecule has 5 nitrogen and oxygen atoms in total. The van der Waals surface area contributed by atoms with Crippen LogP contribution in [0.1, 0.15) is 34.6 Å². The van der Waals surface area contributed by atoms with Gasteiger partial charge in [-0.1, -0.05) is 41.9 Å². The number of halogens is 1. The van der Waals surface area contributed by atoms with Crippen LogP contribution < -0.4 is 11.1 Å². The number of fused-ring (bicyclic) bond motifs is 1. The van der Waals surface area contributed by atoms with Gasteiger partial charge in [0, 0.05) is 23.0 Å². The molecule has 0 aliphatic rings. The first kappa shape index (κ1) is 18.0. The third-order valence-corrected chi connectivity index (χ3v) is 4.68. The van der Waals surface area contributed by atoms with Crippen LogP contribution in [0.15, 0.2) is 48.5 Å². The minimum atomic E-state index is -0.366. The highest BCUT2D eigenvalue weighted by Gasteiger charge is 2.16. The van der Waals surface area contributed by atoms with Crippen LogP contribution in [0.5, 0.6) is 0 Å². The van der Waals surface area contributed by atoms with E-state index in [-0.39, 0.29) is 24.3 Å². The SMILES string of the molecule is C[C@@H](NC(=O)c1cc2ccc(Cl)cc2n1C)c1ccc(CC(N)=O)cc1. The molecule has 26 heavy (non-hydrogen) atoms. The van der Waals surface area contributed by atoms with Crippen molar-refractivity contribution in [3.8, 4) is 0 Å². The summed E-state index contributed by atoms with van der Waals surface area (Å²) in [5.74, 6) is -0.525. The van der Waals surface area contributed by atoms with E-state index in [1.807, 2.05) is 67.1 Å². The van der Waals surface area contributed by atoms with E-state index >= 15 is 0 Å². The molecule has 3 rings (SSSR count). The van der Waals surface area contributed by atoms with Crippen molar-refractivity contribution in [2.75, 3.05) is 0 Å². The molecule has 134 valence electrons. The molecule has 0 saturated heterocycles. The van der Waals surface area contributed by atoms with Crippen molar-refractivity contribution in [3.63, 3.8) is 0 Å². The van der Waals surface area contributed by atoms with Crippen LogP contribution >= 0.6 is 11.6 Å². The van der Waals surface area contributed by atoms with Gasteiger partial charge in [0.15, 0.2) is 0 Å². The van der Waals surface area contributed by atoms with E-state index in [4.69, 9.17) is 17.3 Å². The molecule has 1 heterocycles. The monoisotopic (exact) mass is 369 g/mol. The maximum atomic E-state index is 12.7. The summed E-state index contributed by atoms with van der Waals surface area (Å²) < 4.78 is 1.83. The lowest BCUT2D eigenvalue weighted by Gasteiger charge is -2.15. The summed E-state index contributed by atoms with van der Waals surface area (Å²) in [6.07, 6.45) is 0.208. The lowest BCUT2D eigenvalue weighted by atomic mass is 10.0. The molecule has 0 aliphatic carbocycles. The maximum Gasteiger partial charge on any atom is 0.268 e. The number of carbonyl (C=O) groups is 2. The van der Waals surface area contributed by atoms with E-state index < -0.39 is 0 Å². The van der Waals surface area contributed by atoms with E-state index in [2.05, 4.69) is 5.32 Å². The molecular formula is C20H20ClN3O2. The van der Waals surface area contributed by atoms with Crippen molar-refractivity contribution in [2.24, 2.45) is 12.8 Å². The molecular weight excluding hydrogens is 350 g/mol. The molecule has 0 aliphatic heterocycles. The van der Waals surface area contributed by atoms with Gasteiger partial charge in [0.25, 0.3) is 5.91 Å². The van der Waals surface area contributed by atoms with Crippen molar-refractivity contribution in [3.05, 3.63) is 70.4 Å². The Morgan fingerprint density at radius 1 is 1.15 bits per heavy atom. The maximum absolute atomic E-state index is 12.7. The molecule has 2 aromatic carbocycles. The zero-order chi connectivity index (χ0) is 18.8. The number of amides is 2. The Morgan fingerprint density at radius 3 is 2.50 bits per heavy atom. The van der Waals surface area contributed by atoms with Crippen molar-refractivity contribution in [2.45, 2.75) is 19.4 Å². The van der Waals surface area contributed by atoms with Gasteiger partial charge in [-0.25, -0.2) is 0 Å². The van der Waals surface area contributed by atoms with Crippen LogP contribution in [0, 0.1) is 0 Å². The largest absolute Gasteiger partial charge is 0.369 e. The van der Waals surface area contributed by atoms with Crippen LogP contribution in [0.4, 0.5) is 0 Å². The quantitative estimate of drug-likeness (QED) is 0.723. The average molecular weight is 370 g/mol. The fourth-order valence-corrected chi connectivity index (χ4v) is 3.17. The van der Waals surface area contributed by atoms with Crippen LogP contribution in [0.3, 0.4) is 0 Å². The van der Waals surface area contributed by atoms with Gasteiger partial charge in [0.2, 0.25) is 5.91 Å².